The third kappa shape index (κ3) is 3.87. The summed E-state index contributed by atoms with van der Waals surface area (Å²) >= 11 is 1.18. The van der Waals surface area contributed by atoms with E-state index < -0.39 is 11.9 Å². The van der Waals surface area contributed by atoms with Crippen LogP contribution in [-0.4, -0.2) is 28.4 Å². The number of hydrogen-bond acceptors (Lipinski definition) is 6. The van der Waals surface area contributed by atoms with Crippen molar-refractivity contribution < 1.29 is 18.3 Å². The molecule has 0 bridgehead atoms. The van der Waals surface area contributed by atoms with Gasteiger partial charge in [0, 0.05) is 12.2 Å². The monoisotopic (exact) mass is 399 g/mol. The van der Waals surface area contributed by atoms with Crippen LogP contribution in [0.2, 0.25) is 0 Å². The van der Waals surface area contributed by atoms with Crippen LogP contribution >= 0.6 is 11.8 Å². The van der Waals surface area contributed by atoms with Crippen LogP contribution in [0.4, 0.5) is 10.1 Å². The van der Waals surface area contributed by atoms with Crippen molar-refractivity contribution in [3.8, 4) is 5.75 Å². The molecule has 0 radical (unpaired) electrons. The highest BCUT2D eigenvalue weighted by Gasteiger charge is 2.25. The molecule has 3 aromatic rings. The summed E-state index contributed by atoms with van der Waals surface area (Å²) in [6, 6.07) is 14.0. The van der Waals surface area contributed by atoms with Crippen LogP contribution in [0.25, 0.3) is 0 Å². The first-order valence-corrected chi connectivity index (χ1v) is 9.86. The van der Waals surface area contributed by atoms with E-state index in [0.29, 0.717) is 6.54 Å². The average molecular weight is 399 g/mol. The minimum atomic E-state index is -0.611. The molecule has 1 amide bonds. The topological polar surface area (TPSA) is 68.5 Å². The van der Waals surface area contributed by atoms with E-state index >= 15 is 0 Å². The third-order valence-corrected chi connectivity index (χ3v) is 5.22. The van der Waals surface area contributed by atoms with E-state index in [9.17, 15) is 9.18 Å². The molecular formula is C20H18FN3O3S. The third-order valence-electron chi connectivity index (χ3n) is 4.42. The lowest BCUT2D eigenvalue weighted by atomic mass is 10.2. The Bertz CT molecular complexity index is 994. The van der Waals surface area contributed by atoms with Gasteiger partial charge < -0.3 is 14.1 Å². The summed E-state index contributed by atoms with van der Waals surface area (Å²) < 4.78 is 24.8. The second-order valence-electron chi connectivity index (χ2n) is 6.31. The lowest BCUT2D eigenvalue weighted by Gasteiger charge is -2.16. The predicted molar refractivity (Wildman–Crippen MR) is 103 cm³/mol. The van der Waals surface area contributed by atoms with Crippen molar-refractivity contribution in [1.29, 1.82) is 0 Å². The molecule has 1 aliphatic rings. The Morgan fingerprint density at radius 3 is 2.89 bits per heavy atom. The van der Waals surface area contributed by atoms with Crippen molar-refractivity contribution in [2.24, 2.45) is 0 Å². The molecule has 0 aliphatic carbocycles. The largest absolute Gasteiger partial charge is 0.478 e. The van der Waals surface area contributed by atoms with Crippen LogP contribution in [0.1, 0.15) is 24.5 Å². The summed E-state index contributed by atoms with van der Waals surface area (Å²) in [6.07, 6.45) is 0.252. The van der Waals surface area contributed by atoms with Gasteiger partial charge in [-0.05, 0) is 37.1 Å². The van der Waals surface area contributed by atoms with Crippen LogP contribution in [0.15, 0.2) is 58.2 Å². The summed E-state index contributed by atoms with van der Waals surface area (Å²) in [5, 5.41) is 8.17. The highest BCUT2D eigenvalue weighted by atomic mass is 32.2. The number of nitrogens with zero attached hydrogens (tertiary/aromatic N) is 3. The van der Waals surface area contributed by atoms with Gasteiger partial charge in [0.2, 0.25) is 5.91 Å². The molecule has 2 aromatic carbocycles. The second kappa shape index (κ2) is 8.02. The molecule has 1 atom stereocenters. The Hall–Kier alpha value is -2.87. The Balaban J connectivity index is 1.35. The molecule has 28 heavy (non-hydrogen) atoms. The molecule has 2 heterocycles. The summed E-state index contributed by atoms with van der Waals surface area (Å²) in [5.41, 5.74) is 2.14. The zero-order valence-corrected chi connectivity index (χ0v) is 16.0. The van der Waals surface area contributed by atoms with Gasteiger partial charge in [-0.25, -0.2) is 4.39 Å². The van der Waals surface area contributed by atoms with E-state index in [1.165, 1.54) is 29.5 Å². The second-order valence-corrected chi connectivity index (χ2v) is 7.24. The van der Waals surface area contributed by atoms with Gasteiger partial charge in [-0.3, -0.25) is 4.79 Å². The summed E-state index contributed by atoms with van der Waals surface area (Å²) in [7, 11) is 0. The van der Waals surface area contributed by atoms with Gasteiger partial charge in [0.25, 0.3) is 11.1 Å². The summed E-state index contributed by atoms with van der Waals surface area (Å²) in [5.74, 6) is 0.0683. The lowest BCUT2D eigenvalue weighted by molar-refractivity contribution is -0.116. The minimum absolute atomic E-state index is 0.00893. The fourth-order valence-electron chi connectivity index (χ4n) is 3.02. The normalized spacial score (nSPS) is 14.0. The van der Waals surface area contributed by atoms with Crippen LogP contribution in [0, 0.1) is 5.82 Å². The molecule has 1 aliphatic heterocycles. The molecule has 0 spiro atoms. The van der Waals surface area contributed by atoms with Gasteiger partial charge in [0.05, 0.1) is 5.75 Å². The van der Waals surface area contributed by atoms with E-state index in [1.54, 1.807) is 24.0 Å². The van der Waals surface area contributed by atoms with Crippen molar-refractivity contribution in [3.05, 3.63) is 65.8 Å². The van der Waals surface area contributed by atoms with E-state index in [2.05, 4.69) is 10.2 Å². The molecule has 0 saturated carbocycles. The number of fused-ring (bicyclic) bond motifs is 1. The number of ether oxygens (including phenoxy) is 1. The maximum Gasteiger partial charge on any atom is 0.277 e. The van der Waals surface area contributed by atoms with Crippen LogP contribution in [0.5, 0.6) is 5.75 Å². The van der Waals surface area contributed by atoms with Crippen molar-refractivity contribution in [2.45, 2.75) is 24.7 Å². The van der Waals surface area contributed by atoms with Gasteiger partial charge in [0.15, 0.2) is 17.7 Å². The number of halogens is 1. The van der Waals surface area contributed by atoms with Crippen molar-refractivity contribution in [3.63, 3.8) is 0 Å². The number of thioether (sulfide) groups is 1. The van der Waals surface area contributed by atoms with Gasteiger partial charge in [-0.15, -0.1) is 10.2 Å². The number of carbonyl (C=O) groups excluding carboxylic acids is 1. The average Bonchev–Trinajstić information content (AvgIpc) is 3.35. The number of rotatable bonds is 6. The van der Waals surface area contributed by atoms with Crippen molar-refractivity contribution in [1.82, 2.24) is 10.2 Å². The molecule has 0 N–H and O–H groups in total. The maximum absolute atomic E-state index is 13.7. The molecule has 4 rings (SSSR count). The molecule has 144 valence electrons. The lowest BCUT2D eigenvalue weighted by Crippen LogP contribution is -2.30. The van der Waals surface area contributed by atoms with Gasteiger partial charge in [-0.1, -0.05) is 42.1 Å². The molecule has 0 saturated heterocycles. The van der Waals surface area contributed by atoms with Gasteiger partial charge >= 0.3 is 0 Å². The van der Waals surface area contributed by atoms with E-state index in [1.807, 2.05) is 24.3 Å². The van der Waals surface area contributed by atoms with Crippen LogP contribution < -0.4 is 9.64 Å². The molecule has 6 nitrogen and oxygen atoms in total. The first kappa shape index (κ1) is 18.5. The van der Waals surface area contributed by atoms with Crippen molar-refractivity contribution in [2.75, 3.05) is 17.2 Å². The molecule has 0 fully saturated rings. The number of carbonyl (C=O) groups is 1. The van der Waals surface area contributed by atoms with E-state index in [4.69, 9.17) is 9.15 Å². The van der Waals surface area contributed by atoms with Gasteiger partial charge in [0.1, 0.15) is 0 Å². The number of hydrogen-bond donors (Lipinski definition) is 0. The SMILES string of the molecule is C[C@@H](Oc1ccccc1F)c1nnc(SCC(=O)N2CCc3ccccc32)o1. The van der Waals surface area contributed by atoms with E-state index in [-0.39, 0.29) is 28.5 Å². The number of benzene rings is 2. The molecule has 0 unspecified atom stereocenters. The Morgan fingerprint density at radius 1 is 1.25 bits per heavy atom. The standard InChI is InChI=1S/C20H18FN3O3S/c1-13(26-17-9-5-3-7-15(17)21)19-22-23-20(27-19)28-12-18(25)24-11-10-14-6-2-4-8-16(14)24/h2-9,13H,10-12H2,1H3/t13-/m1/s1. The minimum Gasteiger partial charge on any atom is -0.478 e. The fourth-order valence-corrected chi connectivity index (χ4v) is 3.67. The van der Waals surface area contributed by atoms with Crippen LogP contribution in [0.3, 0.4) is 0 Å². The smallest absolute Gasteiger partial charge is 0.277 e. The first-order chi connectivity index (χ1) is 13.6. The quantitative estimate of drug-likeness (QED) is 0.583. The number of anilines is 1. The number of para-hydroxylation sites is 2. The van der Waals surface area contributed by atoms with Gasteiger partial charge in [-0.2, -0.15) is 0 Å². The summed E-state index contributed by atoms with van der Waals surface area (Å²) in [6.45, 7) is 2.38. The zero-order valence-electron chi connectivity index (χ0n) is 15.2. The predicted octanol–water partition coefficient (Wildman–Crippen LogP) is 4.03. The first-order valence-electron chi connectivity index (χ1n) is 8.87. The highest BCUT2D eigenvalue weighted by molar-refractivity contribution is 7.99. The fraction of sp³-hybridized carbons (Fsp3) is 0.250. The van der Waals surface area contributed by atoms with E-state index in [0.717, 1.165) is 12.1 Å². The Kier molecular flexibility index (Phi) is 5.29. The number of aromatic nitrogens is 2. The Morgan fingerprint density at radius 2 is 2.04 bits per heavy atom. The molecular weight excluding hydrogens is 381 g/mol. The van der Waals surface area contributed by atoms with Crippen molar-refractivity contribution >= 4 is 23.4 Å². The maximum atomic E-state index is 13.7. The number of amides is 1. The Labute approximate surface area is 165 Å². The molecule has 8 heteroatoms. The molecule has 1 aromatic heterocycles. The zero-order chi connectivity index (χ0) is 19.5. The van der Waals surface area contributed by atoms with Crippen LogP contribution in [-0.2, 0) is 11.2 Å². The highest BCUT2D eigenvalue weighted by Crippen LogP contribution is 2.29. The summed E-state index contributed by atoms with van der Waals surface area (Å²) in [4.78, 5) is 14.3.